The number of aryl methyl sites for hydroxylation is 1. The molecule has 2 atom stereocenters. The number of pyridine rings is 1. The normalized spacial score (nSPS) is 17.0. The molecule has 0 aliphatic carbocycles. The number of aromatic nitrogens is 1. The molecule has 1 aliphatic rings. The number of carbonyl (C=O) groups is 3. The fraction of sp³-hybridized carbons (Fsp3) is 0.400. The molecule has 1 aromatic heterocycles. The molecule has 3 amide bonds. The number of nitrogens with one attached hydrogen (secondary N) is 2. The van der Waals surface area contributed by atoms with Gasteiger partial charge in [0, 0.05) is 41.7 Å². The summed E-state index contributed by atoms with van der Waals surface area (Å²) in [5.41, 5.74) is 4.92. The smallest absolute Gasteiger partial charge is 0.409 e. The van der Waals surface area contributed by atoms with Crippen molar-refractivity contribution in [1.82, 2.24) is 20.7 Å². The first-order chi connectivity index (χ1) is 19.2. The molecule has 0 saturated carbocycles. The molecule has 10 nitrogen and oxygen atoms in total. The highest BCUT2D eigenvalue weighted by molar-refractivity contribution is 5.94. The molecule has 0 spiro atoms. The minimum Gasteiger partial charge on any atom is -0.489 e. The van der Waals surface area contributed by atoms with Crippen molar-refractivity contribution in [3.63, 3.8) is 0 Å². The Balaban J connectivity index is 1.40. The van der Waals surface area contributed by atoms with Gasteiger partial charge in [-0.3, -0.25) is 19.8 Å². The Bertz CT molecular complexity index is 1340. The van der Waals surface area contributed by atoms with Crippen LogP contribution in [0.25, 0.3) is 10.9 Å². The van der Waals surface area contributed by atoms with Crippen LogP contribution in [-0.2, 0) is 16.1 Å². The second kappa shape index (κ2) is 13.3. The predicted octanol–water partition coefficient (Wildman–Crippen LogP) is 4.23. The van der Waals surface area contributed by atoms with Crippen molar-refractivity contribution in [3.05, 3.63) is 71.4 Å². The van der Waals surface area contributed by atoms with E-state index in [-0.39, 0.29) is 30.7 Å². The highest BCUT2D eigenvalue weighted by Crippen LogP contribution is 2.24. The molecule has 0 bridgehead atoms. The van der Waals surface area contributed by atoms with Crippen molar-refractivity contribution in [1.29, 1.82) is 0 Å². The molecule has 212 valence electrons. The lowest BCUT2D eigenvalue weighted by molar-refractivity contribution is -0.130. The minimum atomic E-state index is -0.543. The van der Waals surface area contributed by atoms with Crippen molar-refractivity contribution in [2.24, 2.45) is 11.8 Å². The topological polar surface area (TPSA) is 130 Å². The summed E-state index contributed by atoms with van der Waals surface area (Å²) in [5, 5.41) is 13.0. The molecule has 3 N–H and O–H groups in total. The Hall–Kier alpha value is -4.18. The summed E-state index contributed by atoms with van der Waals surface area (Å²) in [6, 6.07) is 16.2. The Morgan fingerprint density at radius 2 is 1.88 bits per heavy atom. The van der Waals surface area contributed by atoms with Crippen molar-refractivity contribution in [2.75, 3.05) is 19.7 Å². The van der Waals surface area contributed by atoms with Crippen molar-refractivity contribution in [3.8, 4) is 5.75 Å². The number of rotatable bonds is 9. The van der Waals surface area contributed by atoms with Gasteiger partial charge in [0.2, 0.25) is 5.91 Å². The van der Waals surface area contributed by atoms with Crippen LogP contribution in [0.5, 0.6) is 5.75 Å². The van der Waals surface area contributed by atoms with Gasteiger partial charge in [-0.1, -0.05) is 32.0 Å². The summed E-state index contributed by atoms with van der Waals surface area (Å²) in [6.07, 6.45) is 0.0499. The zero-order valence-electron chi connectivity index (χ0n) is 23.1. The maximum atomic E-state index is 13.1. The molecule has 1 saturated heterocycles. The van der Waals surface area contributed by atoms with Gasteiger partial charge in [0.15, 0.2) is 0 Å². The molecule has 10 heteroatoms. The summed E-state index contributed by atoms with van der Waals surface area (Å²) in [4.78, 5) is 43.6. The second-order valence-corrected chi connectivity index (χ2v) is 10.5. The molecule has 1 aliphatic heterocycles. The lowest BCUT2D eigenvalue weighted by atomic mass is 9.88. The zero-order chi connectivity index (χ0) is 28.6. The van der Waals surface area contributed by atoms with E-state index in [1.807, 2.05) is 51.1 Å². The molecule has 0 radical (unpaired) electrons. The monoisotopic (exact) mass is 548 g/mol. The van der Waals surface area contributed by atoms with E-state index in [0.717, 1.165) is 22.2 Å². The van der Waals surface area contributed by atoms with Crippen molar-refractivity contribution < 1.29 is 29.1 Å². The van der Waals surface area contributed by atoms with Crippen LogP contribution in [0, 0.1) is 18.8 Å². The molecule has 3 aromatic rings. The van der Waals surface area contributed by atoms with E-state index in [9.17, 15) is 14.4 Å². The van der Waals surface area contributed by atoms with Crippen LogP contribution in [0.2, 0.25) is 0 Å². The number of hydrogen-bond acceptors (Lipinski definition) is 7. The number of ether oxygens (including phenoxy) is 2. The third-order valence-corrected chi connectivity index (χ3v) is 6.88. The average Bonchev–Trinajstić information content (AvgIpc) is 2.95. The number of amides is 3. The number of hydroxylamine groups is 1. The van der Waals surface area contributed by atoms with Crippen LogP contribution < -0.4 is 15.5 Å². The molecule has 40 heavy (non-hydrogen) atoms. The Morgan fingerprint density at radius 3 is 2.60 bits per heavy atom. The highest BCUT2D eigenvalue weighted by atomic mass is 16.6. The van der Waals surface area contributed by atoms with Crippen LogP contribution in [0.15, 0.2) is 54.6 Å². The Labute approximate surface area is 233 Å². The Kier molecular flexibility index (Phi) is 9.55. The molecule has 0 unspecified atom stereocenters. The third kappa shape index (κ3) is 7.47. The maximum Gasteiger partial charge on any atom is 0.409 e. The van der Waals surface area contributed by atoms with E-state index in [4.69, 9.17) is 14.7 Å². The minimum absolute atomic E-state index is 0.0201. The van der Waals surface area contributed by atoms with E-state index in [1.165, 1.54) is 0 Å². The number of piperidine rings is 1. The fourth-order valence-electron chi connectivity index (χ4n) is 4.82. The van der Waals surface area contributed by atoms with Crippen LogP contribution >= 0.6 is 0 Å². The standard InChI is InChI=1S/C30H36N4O6/c1-19(2)17-40-30(37)34-13-12-22(15-28(35)33-38)27(16-34)32-29(36)21-8-10-24(11-9-21)39-18-23-14-20(3)31-26-7-5-4-6-25(23)26/h4-11,14,19,22,27,38H,12-13,15-18H2,1-3H3,(H,32,36)(H,33,35)/t22-,27+/m0/s1. The van der Waals surface area contributed by atoms with Gasteiger partial charge >= 0.3 is 6.09 Å². The predicted molar refractivity (Wildman–Crippen MR) is 149 cm³/mol. The average molecular weight is 549 g/mol. The molecular formula is C30H36N4O6. The first-order valence-corrected chi connectivity index (χ1v) is 13.5. The van der Waals surface area contributed by atoms with Gasteiger partial charge in [0.1, 0.15) is 12.4 Å². The van der Waals surface area contributed by atoms with Crippen LogP contribution in [0.3, 0.4) is 0 Å². The number of nitrogens with zero attached hydrogens (tertiary/aromatic N) is 2. The van der Waals surface area contributed by atoms with Crippen molar-refractivity contribution in [2.45, 2.75) is 46.3 Å². The first-order valence-electron chi connectivity index (χ1n) is 13.5. The molecule has 1 fully saturated rings. The first kappa shape index (κ1) is 28.8. The van der Waals surface area contributed by atoms with E-state index in [0.29, 0.717) is 37.5 Å². The van der Waals surface area contributed by atoms with Gasteiger partial charge < -0.3 is 19.7 Å². The van der Waals surface area contributed by atoms with Crippen LogP contribution in [0.1, 0.15) is 48.3 Å². The van der Waals surface area contributed by atoms with E-state index >= 15 is 0 Å². The number of fused-ring (bicyclic) bond motifs is 1. The summed E-state index contributed by atoms with van der Waals surface area (Å²) < 4.78 is 11.4. The number of para-hydroxylation sites is 1. The maximum absolute atomic E-state index is 13.1. The van der Waals surface area contributed by atoms with E-state index in [1.54, 1.807) is 34.6 Å². The summed E-state index contributed by atoms with van der Waals surface area (Å²) in [5.74, 6) is -0.320. The lowest BCUT2D eigenvalue weighted by Crippen LogP contribution is -2.55. The quantitative estimate of drug-likeness (QED) is 0.269. The number of hydrogen-bond donors (Lipinski definition) is 3. The molecule has 4 rings (SSSR count). The Morgan fingerprint density at radius 1 is 1.12 bits per heavy atom. The zero-order valence-corrected chi connectivity index (χ0v) is 23.1. The SMILES string of the molecule is Cc1cc(COc2ccc(C(=O)N[C@@H]3CN(C(=O)OCC(C)C)CC[C@H]3CC(=O)NO)cc2)c2ccccc2n1. The number of carbonyl (C=O) groups excluding carboxylic acids is 3. The number of benzene rings is 2. The van der Waals surface area contributed by atoms with Crippen LogP contribution in [0.4, 0.5) is 4.79 Å². The van der Waals surface area contributed by atoms with Crippen molar-refractivity contribution >= 4 is 28.8 Å². The lowest BCUT2D eigenvalue weighted by Gasteiger charge is -2.38. The third-order valence-electron chi connectivity index (χ3n) is 6.88. The fourth-order valence-corrected chi connectivity index (χ4v) is 4.82. The van der Waals surface area contributed by atoms with Gasteiger partial charge in [0.05, 0.1) is 18.2 Å². The van der Waals surface area contributed by atoms with Gasteiger partial charge in [-0.25, -0.2) is 10.3 Å². The summed E-state index contributed by atoms with van der Waals surface area (Å²) in [6.45, 7) is 7.10. The van der Waals surface area contributed by atoms with Gasteiger partial charge in [0.25, 0.3) is 5.91 Å². The molecule has 2 heterocycles. The second-order valence-electron chi connectivity index (χ2n) is 10.5. The van der Waals surface area contributed by atoms with Gasteiger partial charge in [-0.2, -0.15) is 0 Å². The van der Waals surface area contributed by atoms with Gasteiger partial charge in [-0.15, -0.1) is 0 Å². The largest absolute Gasteiger partial charge is 0.489 e. The molecule has 2 aromatic carbocycles. The van der Waals surface area contributed by atoms with E-state index < -0.39 is 18.0 Å². The molecular weight excluding hydrogens is 512 g/mol. The van der Waals surface area contributed by atoms with E-state index in [2.05, 4.69) is 10.3 Å². The van der Waals surface area contributed by atoms with Crippen LogP contribution in [-0.4, -0.2) is 58.7 Å². The summed E-state index contributed by atoms with van der Waals surface area (Å²) in [7, 11) is 0. The summed E-state index contributed by atoms with van der Waals surface area (Å²) >= 11 is 0. The number of likely N-dealkylation sites (tertiary alicyclic amines) is 1. The highest BCUT2D eigenvalue weighted by Gasteiger charge is 2.34. The van der Waals surface area contributed by atoms with Gasteiger partial charge in [-0.05, 0) is 61.6 Å².